The van der Waals surface area contributed by atoms with E-state index in [0.717, 1.165) is 12.8 Å². The molecule has 0 radical (unpaired) electrons. The fourth-order valence-corrected chi connectivity index (χ4v) is 2.36. The second-order valence-corrected chi connectivity index (χ2v) is 5.69. The molecule has 0 unspecified atom stereocenters. The van der Waals surface area contributed by atoms with Crippen LogP contribution >= 0.6 is 11.6 Å². The van der Waals surface area contributed by atoms with Crippen LogP contribution in [0.3, 0.4) is 0 Å². The summed E-state index contributed by atoms with van der Waals surface area (Å²) in [5.41, 5.74) is 0.908. The van der Waals surface area contributed by atoms with E-state index in [1.54, 1.807) is 31.2 Å². The molecule has 0 spiro atoms. The van der Waals surface area contributed by atoms with E-state index >= 15 is 0 Å². The number of hydrogen-bond donors (Lipinski definition) is 2. The van der Waals surface area contributed by atoms with Gasteiger partial charge in [-0.15, -0.1) is 0 Å². The average molecular weight is 320 g/mol. The van der Waals surface area contributed by atoms with Gasteiger partial charge in [0.15, 0.2) is 5.69 Å². The van der Waals surface area contributed by atoms with Gasteiger partial charge in [0, 0.05) is 11.1 Å². The van der Waals surface area contributed by atoms with Crippen molar-refractivity contribution in [1.29, 1.82) is 0 Å². The Hall–Kier alpha value is -2.34. The fourth-order valence-electron chi connectivity index (χ4n) is 2.23. The van der Waals surface area contributed by atoms with Crippen molar-refractivity contribution in [1.82, 2.24) is 15.1 Å². The number of halogens is 1. The topological polar surface area (TPSA) is 84.2 Å². The zero-order valence-electron chi connectivity index (χ0n) is 11.8. The minimum atomic E-state index is -1.17. The summed E-state index contributed by atoms with van der Waals surface area (Å²) < 4.78 is 1.45. The van der Waals surface area contributed by atoms with Crippen molar-refractivity contribution < 1.29 is 14.7 Å². The molecule has 22 heavy (non-hydrogen) atoms. The first-order valence-electron chi connectivity index (χ1n) is 6.87. The first-order chi connectivity index (χ1) is 10.5. The molecule has 1 aliphatic rings. The number of aromatic nitrogens is 2. The van der Waals surface area contributed by atoms with Gasteiger partial charge in [-0.1, -0.05) is 11.6 Å². The van der Waals surface area contributed by atoms with Crippen LogP contribution in [0.25, 0.3) is 5.69 Å². The zero-order valence-corrected chi connectivity index (χ0v) is 12.6. The Morgan fingerprint density at radius 2 is 1.95 bits per heavy atom. The van der Waals surface area contributed by atoms with Crippen LogP contribution in [0, 0.1) is 6.92 Å². The number of carboxylic acids is 1. The van der Waals surface area contributed by atoms with Crippen LogP contribution in [-0.4, -0.2) is 32.8 Å². The molecule has 1 heterocycles. The number of rotatable bonds is 4. The highest BCUT2D eigenvalue weighted by molar-refractivity contribution is 6.30. The van der Waals surface area contributed by atoms with E-state index in [1.807, 2.05) is 0 Å². The van der Waals surface area contributed by atoms with Crippen LogP contribution in [-0.2, 0) is 0 Å². The number of hydrogen-bond acceptors (Lipinski definition) is 3. The maximum absolute atomic E-state index is 12.2. The van der Waals surface area contributed by atoms with Crippen molar-refractivity contribution in [3.8, 4) is 5.69 Å². The third kappa shape index (κ3) is 2.69. The van der Waals surface area contributed by atoms with Gasteiger partial charge in [0.05, 0.1) is 11.4 Å². The van der Waals surface area contributed by atoms with Crippen molar-refractivity contribution >= 4 is 23.5 Å². The van der Waals surface area contributed by atoms with E-state index in [0.29, 0.717) is 16.4 Å². The molecule has 1 fully saturated rings. The maximum Gasteiger partial charge on any atom is 0.340 e. The number of nitrogens with one attached hydrogen (secondary N) is 1. The van der Waals surface area contributed by atoms with Crippen LogP contribution in [0.15, 0.2) is 24.3 Å². The number of benzene rings is 1. The van der Waals surface area contributed by atoms with Crippen LogP contribution in [0.1, 0.15) is 39.4 Å². The summed E-state index contributed by atoms with van der Waals surface area (Å²) in [6, 6.07) is 6.94. The quantitative estimate of drug-likeness (QED) is 0.906. The van der Waals surface area contributed by atoms with Crippen molar-refractivity contribution in [3.63, 3.8) is 0 Å². The minimum Gasteiger partial charge on any atom is -0.478 e. The van der Waals surface area contributed by atoms with E-state index in [4.69, 9.17) is 11.6 Å². The third-order valence-electron chi connectivity index (χ3n) is 3.53. The van der Waals surface area contributed by atoms with Gasteiger partial charge in [-0.05, 0) is 44.0 Å². The molecule has 0 saturated heterocycles. The van der Waals surface area contributed by atoms with Gasteiger partial charge in [0.2, 0.25) is 0 Å². The third-order valence-corrected chi connectivity index (χ3v) is 3.78. The first-order valence-corrected chi connectivity index (χ1v) is 7.25. The molecule has 114 valence electrons. The lowest BCUT2D eigenvalue weighted by molar-refractivity contribution is 0.0690. The number of carbonyl (C=O) groups is 2. The van der Waals surface area contributed by atoms with E-state index < -0.39 is 11.9 Å². The SMILES string of the molecule is Cc1c(C(=O)O)c(C(=O)NC2CC2)nn1-c1ccc(Cl)cc1. The maximum atomic E-state index is 12.2. The first kappa shape index (κ1) is 14.6. The average Bonchev–Trinajstić information content (AvgIpc) is 3.20. The Morgan fingerprint density at radius 1 is 1.32 bits per heavy atom. The summed E-state index contributed by atoms with van der Waals surface area (Å²) in [4.78, 5) is 23.7. The van der Waals surface area contributed by atoms with Crippen LogP contribution < -0.4 is 5.32 Å². The number of aromatic carboxylic acids is 1. The van der Waals surface area contributed by atoms with Gasteiger partial charge in [0.25, 0.3) is 5.91 Å². The molecule has 0 aliphatic heterocycles. The number of carboxylic acid groups (broad SMARTS) is 1. The van der Waals surface area contributed by atoms with Crippen molar-refractivity contribution in [2.24, 2.45) is 0 Å². The normalized spacial score (nSPS) is 13.9. The summed E-state index contributed by atoms with van der Waals surface area (Å²) in [7, 11) is 0. The van der Waals surface area contributed by atoms with Gasteiger partial charge < -0.3 is 10.4 Å². The van der Waals surface area contributed by atoms with Crippen molar-refractivity contribution in [2.45, 2.75) is 25.8 Å². The highest BCUT2D eigenvalue weighted by Gasteiger charge is 2.30. The van der Waals surface area contributed by atoms with Crippen LogP contribution in [0.2, 0.25) is 5.02 Å². The lowest BCUT2D eigenvalue weighted by atomic mass is 10.1. The molecule has 1 aromatic heterocycles. The molecule has 0 atom stereocenters. The van der Waals surface area contributed by atoms with Gasteiger partial charge in [-0.3, -0.25) is 4.79 Å². The van der Waals surface area contributed by atoms with E-state index in [9.17, 15) is 14.7 Å². The molecule has 3 rings (SSSR count). The molecule has 1 amide bonds. The van der Waals surface area contributed by atoms with Gasteiger partial charge in [0.1, 0.15) is 5.56 Å². The van der Waals surface area contributed by atoms with Gasteiger partial charge in [-0.25, -0.2) is 9.48 Å². The molecule has 2 aromatic rings. The lowest BCUT2D eigenvalue weighted by Crippen LogP contribution is -2.27. The molecule has 7 heteroatoms. The molecule has 1 saturated carbocycles. The second-order valence-electron chi connectivity index (χ2n) is 5.25. The molecule has 1 aliphatic carbocycles. The Labute approximate surface area is 131 Å². The Bertz CT molecular complexity index is 748. The monoisotopic (exact) mass is 319 g/mol. The molecule has 0 bridgehead atoms. The predicted molar refractivity (Wildman–Crippen MR) is 80.8 cm³/mol. The number of amides is 1. The largest absolute Gasteiger partial charge is 0.478 e. The fraction of sp³-hybridized carbons (Fsp3) is 0.267. The molecule has 1 aromatic carbocycles. The number of nitrogens with zero attached hydrogens (tertiary/aromatic N) is 2. The smallest absolute Gasteiger partial charge is 0.340 e. The minimum absolute atomic E-state index is 0.0631. The predicted octanol–water partition coefficient (Wildman–Crippen LogP) is 2.42. The standard InChI is InChI=1S/C15H14ClN3O3/c1-8-12(15(21)22)13(14(20)17-10-4-5-10)18-19(8)11-6-2-9(16)3-7-11/h2-3,6-7,10H,4-5H2,1H3,(H,17,20)(H,21,22). The molecule has 6 nitrogen and oxygen atoms in total. The zero-order chi connectivity index (χ0) is 15.9. The van der Waals surface area contributed by atoms with Gasteiger partial charge in [-0.2, -0.15) is 5.10 Å². The van der Waals surface area contributed by atoms with E-state index in [1.165, 1.54) is 4.68 Å². The second kappa shape index (κ2) is 5.46. The molecule has 2 N–H and O–H groups in total. The summed E-state index contributed by atoms with van der Waals surface area (Å²) in [5.74, 6) is -1.62. The molecular formula is C15H14ClN3O3. The summed E-state index contributed by atoms with van der Waals surface area (Å²) in [5, 5.41) is 16.9. The Kier molecular flexibility index (Phi) is 3.62. The summed E-state index contributed by atoms with van der Waals surface area (Å²) >= 11 is 5.85. The van der Waals surface area contributed by atoms with E-state index in [2.05, 4.69) is 10.4 Å². The summed E-state index contributed by atoms with van der Waals surface area (Å²) in [6.45, 7) is 1.62. The Balaban J connectivity index is 2.05. The van der Waals surface area contributed by atoms with Crippen molar-refractivity contribution in [3.05, 3.63) is 46.2 Å². The Morgan fingerprint density at radius 3 is 2.50 bits per heavy atom. The highest BCUT2D eigenvalue weighted by Crippen LogP contribution is 2.23. The number of carbonyl (C=O) groups excluding carboxylic acids is 1. The highest BCUT2D eigenvalue weighted by atomic mass is 35.5. The van der Waals surface area contributed by atoms with Crippen molar-refractivity contribution in [2.75, 3.05) is 0 Å². The lowest BCUT2D eigenvalue weighted by Gasteiger charge is -2.04. The van der Waals surface area contributed by atoms with Crippen LogP contribution in [0.4, 0.5) is 0 Å². The van der Waals surface area contributed by atoms with Crippen LogP contribution in [0.5, 0.6) is 0 Å². The molecular weight excluding hydrogens is 306 g/mol. The summed E-state index contributed by atoms with van der Waals surface area (Å²) in [6.07, 6.45) is 1.84. The van der Waals surface area contributed by atoms with E-state index in [-0.39, 0.29) is 17.3 Å². The van der Waals surface area contributed by atoms with Gasteiger partial charge >= 0.3 is 5.97 Å².